The van der Waals surface area contributed by atoms with Crippen molar-refractivity contribution < 1.29 is 19.2 Å². The average molecular weight is 284 g/mol. The van der Waals surface area contributed by atoms with E-state index in [0.29, 0.717) is 6.54 Å². The SMILES string of the molecule is CCOC(=O)CNC(=O)CON[C@@H]1CC[C@@H](C#N)NC1. The molecule has 0 saturated carbocycles. The van der Waals surface area contributed by atoms with Gasteiger partial charge < -0.3 is 15.4 Å². The van der Waals surface area contributed by atoms with Crippen molar-refractivity contribution in [3.05, 3.63) is 0 Å². The first-order valence-corrected chi connectivity index (χ1v) is 6.58. The van der Waals surface area contributed by atoms with Crippen molar-refractivity contribution in [1.82, 2.24) is 16.1 Å². The molecule has 1 heterocycles. The van der Waals surface area contributed by atoms with Gasteiger partial charge in [-0.25, -0.2) is 0 Å². The van der Waals surface area contributed by atoms with E-state index in [1.165, 1.54) is 0 Å². The maximum Gasteiger partial charge on any atom is 0.325 e. The number of piperidine rings is 1. The molecule has 0 aliphatic carbocycles. The second-order valence-corrected chi connectivity index (χ2v) is 4.35. The Morgan fingerprint density at radius 1 is 1.45 bits per heavy atom. The molecule has 112 valence electrons. The van der Waals surface area contributed by atoms with Crippen LogP contribution in [0.1, 0.15) is 19.8 Å². The zero-order valence-corrected chi connectivity index (χ0v) is 11.5. The summed E-state index contributed by atoms with van der Waals surface area (Å²) in [5.41, 5.74) is 2.76. The van der Waals surface area contributed by atoms with Crippen molar-refractivity contribution in [1.29, 1.82) is 5.26 Å². The summed E-state index contributed by atoms with van der Waals surface area (Å²) in [4.78, 5) is 27.4. The molecule has 0 aromatic heterocycles. The second kappa shape index (κ2) is 9.25. The fourth-order valence-corrected chi connectivity index (χ4v) is 1.73. The van der Waals surface area contributed by atoms with Crippen LogP contribution in [0.3, 0.4) is 0 Å². The summed E-state index contributed by atoms with van der Waals surface area (Å²) >= 11 is 0. The summed E-state index contributed by atoms with van der Waals surface area (Å²) in [6.07, 6.45) is 1.54. The number of nitriles is 1. The number of hydrogen-bond acceptors (Lipinski definition) is 7. The number of nitrogens with one attached hydrogen (secondary N) is 3. The number of nitrogens with zero attached hydrogens (tertiary/aromatic N) is 1. The molecule has 20 heavy (non-hydrogen) atoms. The standard InChI is InChI=1S/C12H20N4O4/c1-2-19-12(18)7-15-11(17)8-20-16-10-4-3-9(5-13)14-6-10/h9-10,14,16H,2-4,6-8H2,1H3,(H,15,17)/t9-,10+/m0/s1. The minimum atomic E-state index is -0.479. The van der Waals surface area contributed by atoms with Crippen LogP contribution in [0.5, 0.6) is 0 Å². The zero-order valence-electron chi connectivity index (χ0n) is 11.5. The van der Waals surface area contributed by atoms with Crippen LogP contribution >= 0.6 is 0 Å². The number of hydrogen-bond donors (Lipinski definition) is 3. The number of rotatable bonds is 7. The van der Waals surface area contributed by atoms with E-state index in [4.69, 9.17) is 10.1 Å². The van der Waals surface area contributed by atoms with Gasteiger partial charge in [0, 0.05) is 12.6 Å². The van der Waals surface area contributed by atoms with E-state index in [0.717, 1.165) is 12.8 Å². The highest BCUT2D eigenvalue weighted by Gasteiger charge is 2.20. The fraction of sp³-hybridized carbons (Fsp3) is 0.750. The van der Waals surface area contributed by atoms with E-state index in [2.05, 4.69) is 26.9 Å². The minimum Gasteiger partial charge on any atom is -0.465 e. The Morgan fingerprint density at radius 2 is 2.25 bits per heavy atom. The van der Waals surface area contributed by atoms with E-state index in [9.17, 15) is 9.59 Å². The Hall–Kier alpha value is -1.69. The summed E-state index contributed by atoms with van der Waals surface area (Å²) < 4.78 is 4.67. The summed E-state index contributed by atoms with van der Waals surface area (Å²) in [6.45, 7) is 2.25. The van der Waals surface area contributed by atoms with E-state index in [1.54, 1.807) is 6.92 Å². The lowest BCUT2D eigenvalue weighted by Gasteiger charge is -2.26. The molecule has 0 unspecified atom stereocenters. The maximum absolute atomic E-state index is 11.3. The smallest absolute Gasteiger partial charge is 0.325 e. The Labute approximate surface area is 117 Å². The van der Waals surface area contributed by atoms with E-state index in [1.807, 2.05) is 0 Å². The van der Waals surface area contributed by atoms with Crippen molar-refractivity contribution >= 4 is 11.9 Å². The van der Waals surface area contributed by atoms with Crippen molar-refractivity contribution in [3.63, 3.8) is 0 Å². The third-order valence-corrected chi connectivity index (χ3v) is 2.76. The lowest BCUT2D eigenvalue weighted by Crippen LogP contribution is -2.48. The summed E-state index contributed by atoms with van der Waals surface area (Å²) in [6, 6.07) is 2.11. The van der Waals surface area contributed by atoms with Gasteiger partial charge in [0.05, 0.1) is 18.7 Å². The molecular formula is C12H20N4O4. The predicted molar refractivity (Wildman–Crippen MR) is 69.2 cm³/mol. The van der Waals surface area contributed by atoms with Gasteiger partial charge in [-0.15, -0.1) is 0 Å². The Morgan fingerprint density at radius 3 is 2.85 bits per heavy atom. The third kappa shape index (κ3) is 6.47. The Balaban J connectivity index is 2.05. The van der Waals surface area contributed by atoms with Gasteiger partial charge in [-0.05, 0) is 19.8 Å². The van der Waals surface area contributed by atoms with Gasteiger partial charge >= 0.3 is 5.97 Å². The molecule has 1 rings (SSSR count). The van der Waals surface area contributed by atoms with E-state index >= 15 is 0 Å². The lowest BCUT2D eigenvalue weighted by atomic mass is 10.0. The quantitative estimate of drug-likeness (QED) is 0.399. The van der Waals surface area contributed by atoms with Gasteiger partial charge in [0.1, 0.15) is 13.2 Å². The molecule has 1 aliphatic rings. The van der Waals surface area contributed by atoms with Crippen LogP contribution in [0.15, 0.2) is 0 Å². The molecule has 8 heteroatoms. The van der Waals surface area contributed by atoms with Crippen LogP contribution in [0, 0.1) is 11.3 Å². The van der Waals surface area contributed by atoms with Crippen molar-refractivity contribution in [2.75, 3.05) is 26.3 Å². The number of carbonyl (C=O) groups excluding carboxylic acids is 2. The lowest BCUT2D eigenvalue weighted by molar-refractivity contribution is -0.144. The minimum absolute atomic E-state index is 0.0671. The Kier molecular flexibility index (Phi) is 7.57. The molecule has 0 radical (unpaired) electrons. The summed E-state index contributed by atoms with van der Waals surface area (Å²) in [5.74, 6) is -0.878. The average Bonchev–Trinajstić information content (AvgIpc) is 2.46. The maximum atomic E-state index is 11.3. The predicted octanol–water partition coefficient (Wildman–Crippen LogP) is -1.17. The molecule has 1 saturated heterocycles. The first kappa shape index (κ1) is 16.4. The van der Waals surface area contributed by atoms with Crippen LogP contribution in [0.2, 0.25) is 0 Å². The van der Waals surface area contributed by atoms with Gasteiger partial charge in [-0.2, -0.15) is 10.7 Å². The van der Waals surface area contributed by atoms with E-state index < -0.39 is 11.9 Å². The number of esters is 1. The third-order valence-electron chi connectivity index (χ3n) is 2.76. The number of carbonyl (C=O) groups is 2. The van der Waals surface area contributed by atoms with Crippen LogP contribution in [0.25, 0.3) is 0 Å². The number of ether oxygens (including phenoxy) is 1. The van der Waals surface area contributed by atoms with Crippen molar-refractivity contribution in [2.45, 2.75) is 31.8 Å². The fourth-order valence-electron chi connectivity index (χ4n) is 1.73. The first-order valence-electron chi connectivity index (χ1n) is 6.58. The molecule has 0 spiro atoms. The molecule has 1 amide bonds. The van der Waals surface area contributed by atoms with E-state index in [-0.39, 0.29) is 31.8 Å². The molecule has 0 aromatic rings. The first-order chi connectivity index (χ1) is 9.65. The molecule has 0 aromatic carbocycles. The molecule has 1 aliphatic heterocycles. The molecule has 0 bridgehead atoms. The largest absolute Gasteiger partial charge is 0.465 e. The zero-order chi connectivity index (χ0) is 14.8. The van der Waals surface area contributed by atoms with Gasteiger partial charge in [-0.3, -0.25) is 14.4 Å². The topological polar surface area (TPSA) is 112 Å². The molecular weight excluding hydrogens is 264 g/mol. The van der Waals surface area contributed by atoms with Gasteiger partial charge in [0.25, 0.3) is 0 Å². The normalized spacial score (nSPS) is 21.8. The van der Waals surface area contributed by atoms with Gasteiger partial charge in [0.2, 0.25) is 5.91 Å². The molecule has 2 atom stereocenters. The molecule has 3 N–H and O–H groups in total. The molecule has 1 fully saturated rings. The number of hydroxylamine groups is 1. The van der Waals surface area contributed by atoms with Crippen LogP contribution in [-0.4, -0.2) is 50.3 Å². The van der Waals surface area contributed by atoms with Crippen LogP contribution in [-0.2, 0) is 19.2 Å². The van der Waals surface area contributed by atoms with Crippen molar-refractivity contribution in [3.8, 4) is 6.07 Å². The van der Waals surface area contributed by atoms with Crippen molar-refractivity contribution in [2.24, 2.45) is 0 Å². The van der Waals surface area contributed by atoms with Gasteiger partial charge in [0.15, 0.2) is 0 Å². The van der Waals surface area contributed by atoms with Crippen LogP contribution in [0.4, 0.5) is 0 Å². The van der Waals surface area contributed by atoms with Crippen LogP contribution < -0.4 is 16.1 Å². The highest BCUT2D eigenvalue weighted by atomic mass is 16.6. The number of amides is 1. The molecule has 8 nitrogen and oxygen atoms in total. The van der Waals surface area contributed by atoms with Gasteiger partial charge in [-0.1, -0.05) is 0 Å². The second-order valence-electron chi connectivity index (χ2n) is 4.35. The highest BCUT2D eigenvalue weighted by molar-refractivity contribution is 5.82. The monoisotopic (exact) mass is 284 g/mol. The summed E-state index contributed by atoms with van der Waals surface area (Å²) in [5, 5.41) is 14.1. The Bertz CT molecular complexity index is 361. The highest BCUT2D eigenvalue weighted by Crippen LogP contribution is 2.06. The summed E-state index contributed by atoms with van der Waals surface area (Å²) in [7, 11) is 0.